The monoisotopic (exact) mass is 251 g/mol. The summed E-state index contributed by atoms with van der Waals surface area (Å²) in [6.07, 6.45) is 2.03. The molecule has 0 aliphatic carbocycles. The molecule has 0 saturated carbocycles. The van der Waals surface area contributed by atoms with Crippen LogP contribution in [0.5, 0.6) is 0 Å². The van der Waals surface area contributed by atoms with Gasteiger partial charge in [-0.2, -0.15) is 0 Å². The Morgan fingerprint density at radius 3 is 2.42 bits per heavy atom. The predicted octanol–water partition coefficient (Wildman–Crippen LogP) is 4.00. The molecule has 0 unspecified atom stereocenters. The lowest BCUT2D eigenvalue weighted by atomic mass is 10.1. The molecular weight excluding hydrogens is 234 g/mol. The quantitative estimate of drug-likeness (QED) is 0.745. The van der Waals surface area contributed by atoms with E-state index >= 15 is 0 Å². The Balaban J connectivity index is 2.13. The number of imidazole rings is 1. The Morgan fingerprint density at radius 2 is 1.68 bits per heavy atom. The molecule has 3 heteroatoms. The molecule has 2 aromatic heterocycles. The summed E-state index contributed by atoms with van der Waals surface area (Å²) in [5.74, 6) is 1.04. The highest BCUT2D eigenvalue weighted by Crippen LogP contribution is 2.26. The van der Waals surface area contributed by atoms with Gasteiger partial charge in [0.15, 0.2) is 0 Å². The Bertz CT molecular complexity index is 721. The Morgan fingerprint density at radius 1 is 0.947 bits per heavy atom. The van der Waals surface area contributed by atoms with Crippen LogP contribution in [0, 0.1) is 20.8 Å². The number of nitrogens with one attached hydrogen (secondary N) is 1. The molecule has 0 fully saturated rings. The zero-order valence-corrected chi connectivity index (χ0v) is 11.4. The molecule has 96 valence electrons. The Hall–Kier alpha value is -2.29. The van der Waals surface area contributed by atoms with E-state index in [9.17, 15) is 0 Å². The molecule has 3 aromatic rings. The number of hydrogen-bond acceptors (Lipinski definition) is 2. The first-order valence-corrected chi connectivity index (χ1v) is 6.44. The highest BCUT2D eigenvalue weighted by atomic mass is 15.1. The second kappa shape index (κ2) is 4.43. The maximum Gasteiger partial charge on any atom is 0.138 e. The van der Waals surface area contributed by atoms with E-state index in [1.807, 2.05) is 31.3 Å². The van der Waals surface area contributed by atoms with Crippen LogP contribution in [0.15, 0.2) is 42.6 Å². The number of aromatic nitrogens is 2. The number of rotatable bonds is 2. The van der Waals surface area contributed by atoms with Gasteiger partial charge in [-0.05, 0) is 44.0 Å². The van der Waals surface area contributed by atoms with Crippen molar-refractivity contribution in [2.45, 2.75) is 20.8 Å². The first-order chi connectivity index (χ1) is 9.16. The van der Waals surface area contributed by atoms with Gasteiger partial charge in [-0.1, -0.05) is 24.3 Å². The summed E-state index contributed by atoms with van der Waals surface area (Å²) in [4.78, 5) is 4.57. The molecule has 3 nitrogen and oxygen atoms in total. The normalized spacial score (nSPS) is 10.9. The van der Waals surface area contributed by atoms with Crippen molar-refractivity contribution in [1.29, 1.82) is 0 Å². The molecule has 0 aliphatic rings. The van der Waals surface area contributed by atoms with E-state index in [1.165, 1.54) is 11.1 Å². The number of fused-ring (bicyclic) bond motifs is 1. The minimum absolute atomic E-state index is 0.966. The molecule has 2 heterocycles. The maximum absolute atomic E-state index is 4.57. The molecule has 19 heavy (non-hydrogen) atoms. The smallest absolute Gasteiger partial charge is 0.138 e. The summed E-state index contributed by atoms with van der Waals surface area (Å²) in [6, 6.07) is 12.4. The zero-order valence-electron chi connectivity index (χ0n) is 11.4. The highest BCUT2D eigenvalue weighted by molar-refractivity contribution is 5.68. The molecule has 1 aromatic carbocycles. The van der Waals surface area contributed by atoms with Crippen LogP contribution in [-0.2, 0) is 0 Å². The van der Waals surface area contributed by atoms with Gasteiger partial charge in [-0.3, -0.25) is 4.40 Å². The average molecular weight is 251 g/mol. The van der Waals surface area contributed by atoms with Crippen molar-refractivity contribution in [3.05, 3.63) is 59.4 Å². The number of nitrogens with zero attached hydrogens (tertiary/aromatic N) is 2. The van der Waals surface area contributed by atoms with E-state index in [0.29, 0.717) is 0 Å². The van der Waals surface area contributed by atoms with Crippen LogP contribution in [0.2, 0.25) is 0 Å². The summed E-state index contributed by atoms with van der Waals surface area (Å²) in [5.41, 5.74) is 5.62. The molecule has 1 N–H and O–H groups in total. The fourth-order valence-corrected chi connectivity index (χ4v) is 2.39. The number of pyridine rings is 1. The zero-order chi connectivity index (χ0) is 13.4. The maximum atomic E-state index is 4.57. The van der Waals surface area contributed by atoms with Crippen LogP contribution in [0.4, 0.5) is 11.5 Å². The van der Waals surface area contributed by atoms with Crippen LogP contribution in [0.1, 0.15) is 16.8 Å². The average Bonchev–Trinajstić information content (AvgIpc) is 2.70. The van der Waals surface area contributed by atoms with Gasteiger partial charge in [0, 0.05) is 11.9 Å². The van der Waals surface area contributed by atoms with Crippen molar-refractivity contribution in [3.63, 3.8) is 0 Å². The van der Waals surface area contributed by atoms with Gasteiger partial charge in [0.2, 0.25) is 0 Å². The third-order valence-electron chi connectivity index (χ3n) is 3.43. The lowest BCUT2D eigenvalue weighted by molar-refractivity contribution is 1.17. The number of anilines is 2. The molecule has 0 atom stereocenters. The Labute approximate surface area is 112 Å². The lowest BCUT2D eigenvalue weighted by Gasteiger charge is -2.13. The Kier molecular flexibility index (Phi) is 2.75. The molecule has 0 bridgehead atoms. The summed E-state index contributed by atoms with van der Waals surface area (Å²) in [6.45, 7) is 6.27. The third kappa shape index (κ3) is 1.97. The topological polar surface area (TPSA) is 29.3 Å². The SMILES string of the molecule is Cc1cccc(C)c1Nc1c(C)nc2ccccn12. The van der Waals surface area contributed by atoms with E-state index in [2.05, 4.69) is 46.7 Å². The van der Waals surface area contributed by atoms with Gasteiger partial charge in [-0.25, -0.2) is 4.98 Å². The van der Waals surface area contributed by atoms with Crippen LogP contribution >= 0.6 is 0 Å². The molecule has 3 rings (SSSR count). The van der Waals surface area contributed by atoms with E-state index in [0.717, 1.165) is 22.8 Å². The van der Waals surface area contributed by atoms with Crippen molar-refractivity contribution in [3.8, 4) is 0 Å². The molecule has 0 spiro atoms. The van der Waals surface area contributed by atoms with E-state index in [-0.39, 0.29) is 0 Å². The number of aryl methyl sites for hydroxylation is 3. The van der Waals surface area contributed by atoms with Crippen LogP contribution in [0.25, 0.3) is 5.65 Å². The number of para-hydroxylation sites is 1. The van der Waals surface area contributed by atoms with Gasteiger partial charge in [0.1, 0.15) is 11.5 Å². The van der Waals surface area contributed by atoms with E-state index in [1.54, 1.807) is 0 Å². The highest BCUT2D eigenvalue weighted by Gasteiger charge is 2.10. The summed E-state index contributed by atoms with van der Waals surface area (Å²) >= 11 is 0. The van der Waals surface area contributed by atoms with E-state index < -0.39 is 0 Å². The van der Waals surface area contributed by atoms with Crippen LogP contribution < -0.4 is 5.32 Å². The van der Waals surface area contributed by atoms with Crippen molar-refractivity contribution in [2.75, 3.05) is 5.32 Å². The molecule has 0 aliphatic heterocycles. The third-order valence-corrected chi connectivity index (χ3v) is 3.43. The second-order valence-electron chi connectivity index (χ2n) is 4.87. The van der Waals surface area contributed by atoms with Gasteiger partial charge in [0.25, 0.3) is 0 Å². The van der Waals surface area contributed by atoms with Crippen LogP contribution in [-0.4, -0.2) is 9.38 Å². The first-order valence-electron chi connectivity index (χ1n) is 6.44. The van der Waals surface area contributed by atoms with Gasteiger partial charge in [-0.15, -0.1) is 0 Å². The first kappa shape index (κ1) is 11.8. The minimum Gasteiger partial charge on any atom is -0.339 e. The van der Waals surface area contributed by atoms with Gasteiger partial charge < -0.3 is 5.32 Å². The fourth-order valence-electron chi connectivity index (χ4n) is 2.39. The fraction of sp³-hybridized carbons (Fsp3) is 0.188. The lowest BCUT2D eigenvalue weighted by Crippen LogP contribution is -2.00. The molecule has 0 radical (unpaired) electrons. The van der Waals surface area contributed by atoms with E-state index in [4.69, 9.17) is 0 Å². The van der Waals surface area contributed by atoms with Crippen molar-refractivity contribution in [2.24, 2.45) is 0 Å². The van der Waals surface area contributed by atoms with Crippen molar-refractivity contribution >= 4 is 17.2 Å². The van der Waals surface area contributed by atoms with Crippen molar-refractivity contribution in [1.82, 2.24) is 9.38 Å². The molecule has 0 amide bonds. The van der Waals surface area contributed by atoms with Crippen LogP contribution in [0.3, 0.4) is 0 Å². The largest absolute Gasteiger partial charge is 0.339 e. The summed E-state index contributed by atoms with van der Waals surface area (Å²) in [7, 11) is 0. The number of hydrogen-bond donors (Lipinski definition) is 1. The standard InChI is InChI=1S/C16H17N3/c1-11-7-6-8-12(2)15(11)18-16-13(3)17-14-9-4-5-10-19(14)16/h4-10,18H,1-3H3. The minimum atomic E-state index is 0.966. The van der Waals surface area contributed by atoms with Gasteiger partial charge >= 0.3 is 0 Å². The molecular formula is C16H17N3. The summed E-state index contributed by atoms with van der Waals surface area (Å²) < 4.78 is 2.08. The number of benzene rings is 1. The second-order valence-corrected chi connectivity index (χ2v) is 4.87. The molecule has 0 saturated heterocycles. The van der Waals surface area contributed by atoms with Crippen molar-refractivity contribution < 1.29 is 0 Å². The van der Waals surface area contributed by atoms with Gasteiger partial charge in [0.05, 0.1) is 5.69 Å². The summed E-state index contributed by atoms with van der Waals surface area (Å²) in [5, 5.41) is 3.53. The predicted molar refractivity (Wildman–Crippen MR) is 79.1 cm³/mol.